The lowest BCUT2D eigenvalue weighted by Gasteiger charge is -2.13. The number of rotatable bonds is 2. The van der Waals surface area contributed by atoms with E-state index in [-0.39, 0.29) is 0 Å². The highest BCUT2D eigenvalue weighted by Crippen LogP contribution is 2.47. The maximum absolute atomic E-state index is 2.40. The van der Waals surface area contributed by atoms with E-state index >= 15 is 0 Å². The summed E-state index contributed by atoms with van der Waals surface area (Å²) in [5.74, 6) is 0. The molecule has 0 radical (unpaired) electrons. The monoisotopic (exact) mass is 389 g/mol. The zero-order valence-corrected chi connectivity index (χ0v) is 17.3. The molecule has 0 bridgehead atoms. The van der Waals surface area contributed by atoms with Crippen molar-refractivity contribution in [3.8, 4) is 0 Å². The van der Waals surface area contributed by atoms with Gasteiger partial charge in [0.15, 0.2) is 0 Å². The van der Waals surface area contributed by atoms with Crippen LogP contribution in [0.4, 0.5) is 5.69 Å². The first-order valence-electron chi connectivity index (χ1n) is 9.22. The minimum absolute atomic E-state index is 0.955. The molecule has 27 heavy (non-hydrogen) atoms. The van der Waals surface area contributed by atoms with Crippen molar-refractivity contribution in [3.05, 3.63) is 70.2 Å². The SMILES string of the molecule is CC[n+]1c(C=C2Sc3cc4sccc4cc3N2C)ccc2cc(C)ccc21. The fourth-order valence-electron chi connectivity index (χ4n) is 3.81. The van der Waals surface area contributed by atoms with E-state index in [0.717, 1.165) is 6.54 Å². The Labute approximate surface area is 167 Å². The number of hydrogen-bond acceptors (Lipinski definition) is 3. The molecule has 2 aromatic heterocycles. The molecule has 2 aromatic carbocycles. The largest absolute Gasteiger partial charge is 0.338 e. The molecule has 0 amide bonds. The second kappa shape index (κ2) is 6.39. The molecule has 134 valence electrons. The Morgan fingerprint density at radius 1 is 1.04 bits per heavy atom. The quantitative estimate of drug-likeness (QED) is 0.376. The zero-order valence-electron chi connectivity index (χ0n) is 15.7. The van der Waals surface area contributed by atoms with E-state index in [1.807, 2.05) is 23.1 Å². The first kappa shape index (κ1) is 16.8. The van der Waals surface area contributed by atoms with Gasteiger partial charge in [0.05, 0.1) is 10.7 Å². The summed E-state index contributed by atoms with van der Waals surface area (Å²) in [6, 6.07) is 18.0. The van der Waals surface area contributed by atoms with Crippen molar-refractivity contribution in [1.82, 2.24) is 0 Å². The molecule has 0 atom stereocenters. The molecule has 0 fully saturated rings. The van der Waals surface area contributed by atoms with Crippen LogP contribution in [0.1, 0.15) is 18.2 Å². The fraction of sp³-hybridized carbons (Fsp3) is 0.174. The first-order valence-corrected chi connectivity index (χ1v) is 10.9. The summed E-state index contributed by atoms with van der Waals surface area (Å²) in [7, 11) is 2.17. The molecule has 0 saturated carbocycles. The van der Waals surface area contributed by atoms with Crippen LogP contribution >= 0.6 is 23.1 Å². The minimum atomic E-state index is 0.955. The third-order valence-corrected chi connectivity index (χ3v) is 7.27. The van der Waals surface area contributed by atoms with E-state index in [1.165, 1.54) is 47.9 Å². The third kappa shape index (κ3) is 2.75. The van der Waals surface area contributed by atoms with Gasteiger partial charge in [0.25, 0.3) is 0 Å². The molecule has 1 aliphatic heterocycles. The molecule has 0 saturated heterocycles. The summed E-state index contributed by atoms with van der Waals surface area (Å²) in [5, 5.41) is 6.07. The standard InChI is InChI=1S/C23H21N2S2/c1-4-25-18(7-6-16-11-15(2)5-8-19(16)25)13-23-24(3)20-12-17-9-10-26-21(17)14-22(20)27-23/h5-14H,4H2,1-3H3/q+1. The van der Waals surface area contributed by atoms with E-state index in [4.69, 9.17) is 0 Å². The molecule has 0 N–H and O–H groups in total. The van der Waals surface area contributed by atoms with Crippen molar-refractivity contribution in [2.45, 2.75) is 25.3 Å². The van der Waals surface area contributed by atoms with Crippen LogP contribution < -0.4 is 9.47 Å². The zero-order chi connectivity index (χ0) is 18.5. The van der Waals surface area contributed by atoms with Crippen LogP contribution in [0.3, 0.4) is 0 Å². The van der Waals surface area contributed by atoms with Gasteiger partial charge in [-0.3, -0.25) is 0 Å². The number of anilines is 1. The van der Waals surface area contributed by atoms with Gasteiger partial charge >= 0.3 is 0 Å². The van der Waals surface area contributed by atoms with Crippen molar-refractivity contribution in [3.63, 3.8) is 0 Å². The van der Waals surface area contributed by atoms with Crippen molar-refractivity contribution in [1.29, 1.82) is 0 Å². The number of aromatic nitrogens is 1. The Balaban J connectivity index is 1.61. The van der Waals surface area contributed by atoms with Gasteiger partial charge in [-0.05, 0) is 54.9 Å². The van der Waals surface area contributed by atoms with Crippen LogP contribution in [-0.4, -0.2) is 7.05 Å². The molecule has 3 heterocycles. The van der Waals surface area contributed by atoms with Crippen LogP contribution in [0.2, 0.25) is 0 Å². The lowest BCUT2D eigenvalue weighted by atomic mass is 10.1. The Morgan fingerprint density at radius 3 is 2.78 bits per heavy atom. The molecular weight excluding hydrogens is 368 g/mol. The van der Waals surface area contributed by atoms with E-state index in [9.17, 15) is 0 Å². The van der Waals surface area contributed by atoms with E-state index in [0.29, 0.717) is 0 Å². The van der Waals surface area contributed by atoms with Crippen LogP contribution in [0, 0.1) is 6.92 Å². The van der Waals surface area contributed by atoms with Crippen LogP contribution in [-0.2, 0) is 6.54 Å². The van der Waals surface area contributed by atoms with Gasteiger partial charge in [-0.1, -0.05) is 23.4 Å². The third-order valence-electron chi connectivity index (χ3n) is 5.25. The van der Waals surface area contributed by atoms with Gasteiger partial charge in [-0.2, -0.15) is 4.57 Å². The maximum atomic E-state index is 2.40. The van der Waals surface area contributed by atoms with E-state index < -0.39 is 0 Å². The average Bonchev–Trinajstić information content (AvgIpc) is 3.24. The van der Waals surface area contributed by atoms with Gasteiger partial charge < -0.3 is 4.90 Å². The van der Waals surface area contributed by atoms with Crippen molar-refractivity contribution >= 4 is 55.9 Å². The Bertz CT molecular complexity index is 1220. The Kier molecular flexibility index (Phi) is 3.99. The van der Waals surface area contributed by atoms with Crippen molar-refractivity contribution in [2.24, 2.45) is 0 Å². The number of fused-ring (bicyclic) bond motifs is 3. The highest BCUT2D eigenvalue weighted by atomic mass is 32.2. The molecule has 4 heteroatoms. The smallest absolute Gasteiger partial charge is 0.212 e. The number of benzene rings is 2. The van der Waals surface area contributed by atoms with Gasteiger partial charge in [-0.15, -0.1) is 11.3 Å². The summed E-state index contributed by atoms with van der Waals surface area (Å²) in [5.41, 5.74) is 5.15. The van der Waals surface area contributed by atoms with Gasteiger partial charge in [-0.25, -0.2) is 0 Å². The summed E-state index contributed by atoms with van der Waals surface area (Å²) in [6.45, 7) is 5.32. The van der Waals surface area contributed by atoms with Gasteiger partial charge in [0.2, 0.25) is 11.2 Å². The van der Waals surface area contributed by atoms with E-state index in [1.54, 1.807) is 0 Å². The summed E-state index contributed by atoms with van der Waals surface area (Å²) < 4.78 is 3.76. The minimum Gasteiger partial charge on any atom is -0.338 e. The second-order valence-corrected chi connectivity index (χ2v) is 9.00. The molecule has 0 spiro atoms. The number of nitrogens with zero attached hydrogens (tertiary/aromatic N) is 2. The normalized spacial score (nSPS) is 15.2. The molecule has 0 aliphatic carbocycles. The van der Waals surface area contributed by atoms with Crippen molar-refractivity contribution < 1.29 is 4.57 Å². The maximum Gasteiger partial charge on any atom is 0.212 e. The van der Waals surface area contributed by atoms with Crippen LogP contribution in [0.15, 0.2) is 63.8 Å². The summed E-state index contributed by atoms with van der Waals surface area (Å²) >= 11 is 3.68. The number of thioether (sulfide) groups is 1. The summed E-state index contributed by atoms with van der Waals surface area (Å²) in [6.07, 6.45) is 2.32. The van der Waals surface area contributed by atoms with Crippen LogP contribution in [0.5, 0.6) is 0 Å². The lowest BCUT2D eigenvalue weighted by molar-refractivity contribution is -0.669. The predicted molar refractivity (Wildman–Crippen MR) is 119 cm³/mol. The fourth-order valence-corrected chi connectivity index (χ4v) is 5.81. The number of pyridine rings is 1. The molecule has 5 rings (SSSR count). The topological polar surface area (TPSA) is 7.12 Å². The number of thiophene rings is 1. The Morgan fingerprint density at radius 2 is 1.93 bits per heavy atom. The van der Waals surface area contributed by atoms with E-state index in [2.05, 4.69) is 90.3 Å². The van der Waals surface area contributed by atoms with Gasteiger partial charge in [0, 0.05) is 40.2 Å². The van der Waals surface area contributed by atoms with Crippen LogP contribution in [0.25, 0.3) is 27.1 Å². The first-order chi connectivity index (χ1) is 13.1. The second-order valence-electron chi connectivity index (χ2n) is 6.99. The highest BCUT2D eigenvalue weighted by Gasteiger charge is 2.24. The lowest BCUT2D eigenvalue weighted by Crippen LogP contribution is -2.36. The average molecular weight is 390 g/mol. The number of aryl methyl sites for hydroxylation is 2. The molecular formula is C23H21N2S2+. The Hall–Kier alpha value is -2.30. The van der Waals surface area contributed by atoms with Crippen molar-refractivity contribution in [2.75, 3.05) is 11.9 Å². The number of hydrogen-bond donors (Lipinski definition) is 0. The molecule has 1 aliphatic rings. The highest BCUT2D eigenvalue weighted by molar-refractivity contribution is 8.03. The summed E-state index contributed by atoms with van der Waals surface area (Å²) in [4.78, 5) is 3.66. The molecule has 0 unspecified atom stereocenters. The predicted octanol–water partition coefficient (Wildman–Crippen LogP) is 6.21. The molecule has 4 aromatic rings. The van der Waals surface area contributed by atoms with Gasteiger partial charge in [0.1, 0.15) is 6.54 Å². The molecule has 2 nitrogen and oxygen atoms in total.